The molecule has 2 heterocycles. The topological polar surface area (TPSA) is 79.7 Å². The fraction of sp³-hybridized carbons (Fsp3) is 0.423. The van der Waals surface area contributed by atoms with Crippen LogP contribution in [-0.4, -0.2) is 29.0 Å². The van der Waals surface area contributed by atoms with Crippen LogP contribution < -0.4 is 9.64 Å². The number of allylic oxidation sites excluding steroid dienone is 2. The number of aliphatic hydroxyl groups excluding tert-OH is 1. The summed E-state index contributed by atoms with van der Waals surface area (Å²) < 4.78 is 5.17. The van der Waals surface area contributed by atoms with Crippen LogP contribution in [0.3, 0.4) is 0 Å². The van der Waals surface area contributed by atoms with E-state index in [9.17, 15) is 14.7 Å². The molecule has 2 aromatic rings. The van der Waals surface area contributed by atoms with Crippen LogP contribution in [0.1, 0.15) is 30.1 Å². The molecule has 2 bridgehead atoms. The Morgan fingerprint density at radius 1 is 1.12 bits per heavy atom. The van der Waals surface area contributed by atoms with Crippen molar-refractivity contribution in [1.82, 2.24) is 4.98 Å². The van der Waals surface area contributed by atoms with Crippen molar-refractivity contribution in [2.24, 2.45) is 35.5 Å². The molecule has 1 saturated heterocycles. The highest BCUT2D eigenvalue weighted by molar-refractivity contribution is 6.32. The lowest BCUT2D eigenvalue weighted by atomic mass is 9.63. The van der Waals surface area contributed by atoms with Gasteiger partial charge in [0.25, 0.3) is 0 Å². The molecule has 3 fully saturated rings. The molecule has 1 aromatic heterocycles. The molecule has 1 aliphatic heterocycles. The summed E-state index contributed by atoms with van der Waals surface area (Å²) in [5.41, 5.74) is 1.65. The number of hydrogen-bond donors (Lipinski definition) is 1. The van der Waals surface area contributed by atoms with E-state index in [4.69, 9.17) is 16.3 Å². The number of imide groups is 1. The van der Waals surface area contributed by atoms with Crippen LogP contribution in [0, 0.1) is 35.5 Å². The van der Waals surface area contributed by atoms with Gasteiger partial charge in [0.15, 0.2) is 0 Å². The number of aromatic nitrogens is 1. The van der Waals surface area contributed by atoms with Crippen molar-refractivity contribution in [2.75, 3.05) is 12.0 Å². The quantitative estimate of drug-likeness (QED) is 0.517. The molecule has 6 nitrogen and oxygen atoms in total. The molecule has 1 aromatic carbocycles. The summed E-state index contributed by atoms with van der Waals surface area (Å²) in [5.74, 6) is 1.79. The molecule has 33 heavy (non-hydrogen) atoms. The van der Waals surface area contributed by atoms with Crippen molar-refractivity contribution in [1.29, 1.82) is 0 Å². The van der Waals surface area contributed by atoms with E-state index in [1.807, 2.05) is 18.2 Å². The molecule has 7 heteroatoms. The fourth-order valence-corrected chi connectivity index (χ4v) is 6.53. The number of nitrogens with zero attached hydrogens (tertiary/aromatic N) is 2. The molecule has 4 aliphatic carbocycles. The maximum atomic E-state index is 13.2. The standard InChI is InChI=1S/C26H25ClN2O4/c1-33-21-8-3-13(10-19(21)27)2-7-20(30)14-4-9-22(28-12-14)29-25(31)23-15-5-6-16(18-11-17(15)18)24(23)26(29)32/h3-6,8-10,12,15-18,20,23-24,30H,2,7,11H2,1H3. The molecule has 7 rings (SSSR count). The number of ether oxygens (including phenoxy) is 1. The van der Waals surface area contributed by atoms with E-state index in [-0.39, 0.29) is 35.5 Å². The average Bonchev–Trinajstić information content (AvgIpc) is 3.61. The second-order valence-corrected chi connectivity index (χ2v) is 10.0. The lowest BCUT2D eigenvalue weighted by Crippen LogP contribution is -2.40. The van der Waals surface area contributed by atoms with Crippen LogP contribution in [0.2, 0.25) is 5.02 Å². The Balaban J connectivity index is 1.15. The number of halogens is 1. The number of aryl methyl sites for hydroxylation is 1. The van der Waals surface area contributed by atoms with Gasteiger partial charge in [-0.3, -0.25) is 9.59 Å². The van der Waals surface area contributed by atoms with Crippen molar-refractivity contribution in [3.05, 3.63) is 64.8 Å². The Labute approximate surface area is 197 Å². The number of amides is 2. The predicted molar refractivity (Wildman–Crippen MR) is 123 cm³/mol. The van der Waals surface area contributed by atoms with Gasteiger partial charge in [0.05, 0.1) is 30.1 Å². The highest BCUT2D eigenvalue weighted by Crippen LogP contribution is 2.65. The number of rotatable bonds is 6. The molecule has 2 saturated carbocycles. The van der Waals surface area contributed by atoms with Crippen LogP contribution in [-0.2, 0) is 16.0 Å². The normalized spacial score (nSPS) is 32.0. The van der Waals surface area contributed by atoms with Crippen molar-refractivity contribution in [2.45, 2.75) is 25.4 Å². The summed E-state index contributed by atoms with van der Waals surface area (Å²) in [6.07, 6.45) is 7.45. The first-order valence-corrected chi connectivity index (χ1v) is 11.9. The van der Waals surface area contributed by atoms with Gasteiger partial charge in [-0.1, -0.05) is 35.9 Å². The number of hydrogen-bond acceptors (Lipinski definition) is 5. The minimum Gasteiger partial charge on any atom is -0.495 e. The minimum absolute atomic E-state index is 0.119. The van der Waals surface area contributed by atoms with Gasteiger partial charge in [-0.2, -0.15) is 0 Å². The second-order valence-electron chi connectivity index (χ2n) is 9.64. The van der Waals surface area contributed by atoms with E-state index in [1.54, 1.807) is 25.4 Å². The second kappa shape index (κ2) is 7.67. The highest BCUT2D eigenvalue weighted by Gasteiger charge is 2.67. The molecule has 5 aliphatic rings. The maximum absolute atomic E-state index is 13.2. The van der Waals surface area contributed by atoms with Gasteiger partial charge < -0.3 is 9.84 Å². The smallest absolute Gasteiger partial charge is 0.239 e. The first-order valence-electron chi connectivity index (χ1n) is 11.5. The van der Waals surface area contributed by atoms with Gasteiger partial charge in [-0.25, -0.2) is 9.88 Å². The number of anilines is 1. The summed E-state index contributed by atoms with van der Waals surface area (Å²) in [6, 6.07) is 9.00. The third-order valence-electron chi connectivity index (χ3n) is 7.97. The fourth-order valence-electron chi connectivity index (χ4n) is 6.25. The highest BCUT2D eigenvalue weighted by atomic mass is 35.5. The minimum atomic E-state index is -0.716. The van der Waals surface area contributed by atoms with Gasteiger partial charge >= 0.3 is 0 Å². The molecule has 7 atom stereocenters. The zero-order valence-electron chi connectivity index (χ0n) is 18.2. The third kappa shape index (κ3) is 3.22. The molecule has 2 amide bonds. The number of benzene rings is 1. The average molecular weight is 465 g/mol. The summed E-state index contributed by atoms with van der Waals surface area (Å²) in [7, 11) is 1.57. The predicted octanol–water partition coefficient (Wildman–Crippen LogP) is 3.97. The van der Waals surface area contributed by atoms with Gasteiger partial charge in [0, 0.05) is 6.20 Å². The number of methoxy groups -OCH3 is 1. The lowest BCUT2D eigenvalue weighted by molar-refractivity contribution is -0.124. The maximum Gasteiger partial charge on any atom is 0.239 e. The summed E-state index contributed by atoms with van der Waals surface area (Å²) in [4.78, 5) is 32.1. The molecular formula is C26H25ClN2O4. The molecule has 1 N–H and O–H groups in total. The summed E-state index contributed by atoms with van der Waals surface area (Å²) in [5, 5.41) is 11.2. The summed E-state index contributed by atoms with van der Waals surface area (Å²) >= 11 is 6.18. The number of carbonyl (C=O) groups excluding carboxylic acids is 2. The van der Waals surface area contributed by atoms with Gasteiger partial charge in [-0.05, 0) is 72.3 Å². The molecule has 0 spiro atoms. The van der Waals surface area contributed by atoms with Crippen LogP contribution in [0.25, 0.3) is 0 Å². The van der Waals surface area contributed by atoms with E-state index in [2.05, 4.69) is 17.1 Å². The van der Waals surface area contributed by atoms with Gasteiger partial charge in [0.2, 0.25) is 11.8 Å². The van der Waals surface area contributed by atoms with Crippen molar-refractivity contribution in [3.63, 3.8) is 0 Å². The Morgan fingerprint density at radius 2 is 1.82 bits per heavy atom. The van der Waals surface area contributed by atoms with E-state index in [0.29, 0.717) is 46.8 Å². The van der Waals surface area contributed by atoms with E-state index in [0.717, 1.165) is 12.0 Å². The van der Waals surface area contributed by atoms with E-state index < -0.39 is 6.10 Å². The van der Waals surface area contributed by atoms with Gasteiger partial charge in [-0.15, -0.1) is 0 Å². The molecule has 0 radical (unpaired) electrons. The third-order valence-corrected chi connectivity index (χ3v) is 8.27. The number of aliphatic hydroxyl groups is 1. The monoisotopic (exact) mass is 464 g/mol. The Hall–Kier alpha value is -2.70. The van der Waals surface area contributed by atoms with Gasteiger partial charge in [0.1, 0.15) is 11.6 Å². The van der Waals surface area contributed by atoms with E-state index in [1.165, 1.54) is 4.90 Å². The van der Waals surface area contributed by atoms with Crippen LogP contribution in [0.4, 0.5) is 5.82 Å². The Kier molecular flexibility index (Phi) is 4.85. The molecular weight excluding hydrogens is 440 g/mol. The van der Waals surface area contributed by atoms with Crippen molar-refractivity contribution >= 4 is 29.2 Å². The Bertz CT molecular complexity index is 1130. The number of carbonyl (C=O) groups is 2. The first kappa shape index (κ1) is 20.9. The molecule has 170 valence electrons. The Morgan fingerprint density at radius 3 is 2.39 bits per heavy atom. The van der Waals surface area contributed by atoms with E-state index >= 15 is 0 Å². The van der Waals surface area contributed by atoms with Crippen molar-refractivity contribution < 1.29 is 19.4 Å². The lowest BCUT2D eigenvalue weighted by Gasteiger charge is -2.37. The SMILES string of the molecule is COc1ccc(CCC(O)c2ccc(N3C(=O)C4C5C=CC(C6CC56)C4C3=O)nc2)cc1Cl. The van der Waals surface area contributed by atoms with Crippen LogP contribution >= 0.6 is 11.6 Å². The number of pyridine rings is 1. The molecule has 7 unspecified atom stereocenters. The first-order chi connectivity index (χ1) is 16.0. The zero-order chi connectivity index (χ0) is 22.9. The van der Waals surface area contributed by atoms with Crippen LogP contribution in [0.15, 0.2) is 48.7 Å². The van der Waals surface area contributed by atoms with Crippen molar-refractivity contribution in [3.8, 4) is 5.75 Å². The summed E-state index contributed by atoms with van der Waals surface area (Å²) in [6.45, 7) is 0. The zero-order valence-corrected chi connectivity index (χ0v) is 19.0. The van der Waals surface area contributed by atoms with Crippen LogP contribution in [0.5, 0.6) is 5.75 Å². The largest absolute Gasteiger partial charge is 0.495 e.